The van der Waals surface area contributed by atoms with E-state index >= 15 is 0 Å². The van der Waals surface area contributed by atoms with Gasteiger partial charge in [0.25, 0.3) is 5.91 Å². The monoisotopic (exact) mass is 450 g/mol. The van der Waals surface area contributed by atoms with Crippen molar-refractivity contribution in [2.24, 2.45) is 5.92 Å². The lowest BCUT2D eigenvalue weighted by atomic mass is 9.77. The molecule has 0 bridgehead atoms. The summed E-state index contributed by atoms with van der Waals surface area (Å²) in [6.07, 6.45) is 3.54. The molecule has 1 amide bonds. The Labute approximate surface area is 187 Å². The SMILES string of the molecule is CCN(CC)CCN1C(=O)C2=C(C(=O)C3CCCCC3O2)C1c1ccc(Cl)c(Cl)c1. The van der Waals surface area contributed by atoms with Gasteiger partial charge in [-0.3, -0.25) is 9.59 Å². The number of fused-ring (bicyclic) bond motifs is 1. The van der Waals surface area contributed by atoms with Gasteiger partial charge in [0.2, 0.25) is 0 Å². The highest BCUT2D eigenvalue weighted by Gasteiger charge is 2.51. The molecule has 3 unspecified atom stereocenters. The van der Waals surface area contributed by atoms with Gasteiger partial charge in [-0.2, -0.15) is 0 Å². The predicted molar refractivity (Wildman–Crippen MR) is 118 cm³/mol. The van der Waals surface area contributed by atoms with Crippen molar-refractivity contribution in [3.8, 4) is 0 Å². The molecule has 0 N–H and O–H groups in total. The predicted octanol–water partition coefficient (Wildman–Crippen LogP) is 4.63. The van der Waals surface area contributed by atoms with Gasteiger partial charge in [-0.1, -0.05) is 49.5 Å². The van der Waals surface area contributed by atoms with E-state index in [1.807, 2.05) is 6.07 Å². The fourth-order valence-corrected chi connectivity index (χ4v) is 5.25. The first-order valence-corrected chi connectivity index (χ1v) is 11.6. The lowest BCUT2D eigenvalue weighted by Crippen LogP contribution is -2.39. The molecule has 0 radical (unpaired) electrons. The minimum atomic E-state index is -0.479. The van der Waals surface area contributed by atoms with Crippen LogP contribution >= 0.6 is 23.2 Å². The summed E-state index contributed by atoms with van der Waals surface area (Å²) in [6.45, 7) is 7.27. The first-order valence-electron chi connectivity index (χ1n) is 10.9. The summed E-state index contributed by atoms with van der Waals surface area (Å²) < 4.78 is 6.19. The van der Waals surface area contributed by atoms with E-state index in [1.165, 1.54) is 0 Å². The molecular weight excluding hydrogens is 423 g/mol. The Kier molecular flexibility index (Phi) is 6.42. The molecular formula is C23H28Cl2N2O3. The molecule has 2 aliphatic heterocycles. The topological polar surface area (TPSA) is 49.9 Å². The van der Waals surface area contributed by atoms with Crippen molar-refractivity contribution in [3.63, 3.8) is 0 Å². The number of ketones is 1. The highest BCUT2D eigenvalue weighted by atomic mass is 35.5. The number of carbonyl (C=O) groups is 2. The fourth-order valence-electron chi connectivity index (χ4n) is 4.94. The van der Waals surface area contributed by atoms with E-state index in [4.69, 9.17) is 27.9 Å². The van der Waals surface area contributed by atoms with E-state index in [1.54, 1.807) is 17.0 Å². The van der Waals surface area contributed by atoms with Gasteiger partial charge in [0, 0.05) is 13.1 Å². The zero-order valence-corrected chi connectivity index (χ0v) is 19.0. The van der Waals surface area contributed by atoms with Gasteiger partial charge in [-0.15, -0.1) is 0 Å². The van der Waals surface area contributed by atoms with Crippen LogP contribution in [0.2, 0.25) is 10.0 Å². The molecule has 0 aromatic heterocycles. The molecule has 1 aliphatic carbocycles. The highest BCUT2D eigenvalue weighted by Crippen LogP contribution is 2.47. The number of amides is 1. The standard InChI is InChI=1S/C23H28Cl2N2O3/c1-3-26(4-2)11-12-27-20(14-9-10-16(24)17(25)13-14)19-21(28)15-7-5-6-8-18(15)30-22(19)23(27)29/h9-10,13,15,18,20H,3-8,11-12H2,1-2H3. The van der Waals surface area contributed by atoms with Crippen LogP contribution in [-0.4, -0.2) is 53.8 Å². The minimum Gasteiger partial charge on any atom is -0.483 e. The molecule has 1 fully saturated rings. The molecule has 3 aliphatic rings. The summed E-state index contributed by atoms with van der Waals surface area (Å²) in [5.74, 6) is -0.0293. The second-order valence-corrected chi connectivity index (χ2v) is 9.07. The van der Waals surface area contributed by atoms with Gasteiger partial charge in [0.05, 0.1) is 27.6 Å². The normalized spacial score (nSPS) is 26.2. The van der Waals surface area contributed by atoms with Crippen LogP contribution in [0.5, 0.6) is 0 Å². The summed E-state index contributed by atoms with van der Waals surface area (Å²) >= 11 is 12.4. The van der Waals surface area contributed by atoms with Crippen LogP contribution in [0.3, 0.4) is 0 Å². The zero-order valence-electron chi connectivity index (χ0n) is 17.5. The van der Waals surface area contributed by atoms with Crippen LogP contribution in [0.25, 0.3) is 0 Å². The van der Waals surface area contributed by atoms with Crippen LogP contribution in [0.4, 0.5) is 0 Å². The van der Waals surface area contributed by atoms with Crippen LogP contribution in [0.1, 0.15) is 51.1 Å². The number of carbonyl (C=O) groups excluding carboxylic acids is 2. The van der Waals surface area contributed by atoms with Crippen molar-refractivity contribution in [1.82, 2.24) is 9.80 Å². The number of benzene rings is 1. The van der Waals surface area contributed by atoms with Crippen molar-refractivity contribution in [3.05, 3.63) is 45.1 Å². The number of rotatable bonds is 6. The Bertz CT molecular complexity index is 881. The molecule has 1 aromatic rings. The van der Waals surface area contributed by atoms with Crippen molar-refractivity contribution in [2.45, 2.75) is 51.7 Å². The molecule has 0 spiro atoms. The zero-order chi connectivity index (χ0) is 21.4. The van der Waals surface area contributed by atoms with E-state index in [2.05, 4.69) is 18.7 Å². The first-order chi connectivity index (χ1) is 14.5. The first kappa shape index (κ1) is 21.7. The van der Waals surface area contributed by atoms with Gasteiger partial charge in [0.1, 0.15) is 6.10 Å². The average molecular weight is 451 g/mol. The van der Waals surface area contributed by atoms with Crippen LogP contribution in [0, 0.1) is 5.92 Å². The maximum atomic E-state index is 13.5. The highest BCUT2D eigenvalue weighted by molar-refractivity contribution is 6.42. The maximum absolute atomic E-state index is 13.5. The Morgan fingerprint density at radius 1 is 1.10 bits per heavy atom. The van der Waals surface area contributed by atoms with Crippen molar-refractivity contribution in [1.29, 1.82) is 0 Å². The summed E-state index contributed by atoms with van der Waals surface area (Å²) in [5, 5.41) is 0.867. The molecule has 1 aromatic carbocycles. The lowest BCUT2D eigenvalue weighted by molar-refractivity contribution is -0.135. The van der Waals surface area contributed by atoms with Crippen molar-refractivity contribution >= 4 is 34.9 Å². The van der Waals surface area contributed by atoms with E-state index in [0.717, 1.165) is 50.9 Å². The number of hydrogen-bond acceptors (Lipinski definition) is 4. The quantitative estimate of drug-likeness (QED) is 0.633. The van der Waals surface area contributed by atoms with Gasteiger partial charge in [-0.05, 0) is 50.0 Å². The molecule has 162 valence electrons. The van der Waals surface area contributed by atoms with E-state index in [-0.39, 0.29) is 29.5 Å². The Morgan fingerprint density at radius 2 is 1.83 bits per heavy atom. The summed E-state index contributed by atoms with van der Waals surface area (Å²) in [5.41, 5.74) is 1.30. The Morgan fingerprint density at radius 3 is 2.53 bits per heavy atom. The van der Waals surface area contributed by atoms with Crippen LogP contribution in [0.15, 0.2) is 29.5 Å². The van der Waals surface area contributed by atoms with Gasteiger partial charge in [-0.25, -0.2) is 0 Å². The summed E-state index contributed by atoms with van der Waals surface area (Å²) in [4.78, 5) is 31.0. The second kappa shape index (κ2) is 8.89. The van der Waals surface area contributed by atoms with Crippen molar-refractivity contribution < 1.29 is 14.3 Å². The lowest BCUT2D eigenvalue weighted by Gasteiger charge is -2.35. The van der Waals surface area contributed by atoms with Crippen LogP contribution in [-0.2, 0) is 14.3 Å². The number of nitrogens with zero attached hydrogens (tertiary/aromatic N) is 2. The number of Topliss-reactive ketones (excluding diaryl/α,β-unsaturated/α-hetero) is 1. The molecule has 7 heteroatoms. The molecule has 5 nitrogen and oxygen atoms in total. The third kappa shape index (κ3) is 3.76. The van der Waals surface area contributed by atoms with E-state index < -0.39 is 6.04 Å². The smallest absolute Gasteiger partial charge is 0.290 e. The molecule has 30 heavy (non-hydrogen) atoms. The second-order valence-electron chi connectivity index (χ2n) is 8.26. The maximum Gasteiger partial charge on any atom is 0.290 e. The summed E-state index contributed by atoms with van der Waals surface area (Å²) in [6, 6.07) is 4.87. The largest absolute Gasteiger partial charge is 0.483 e. The Hall–Kier alpha value is -1.56. The van der Waals surface area contributed by atoms with Crippen molar-refractivity contribution in [2.75, 3.05) is 26.2 Å². The molecule has 0 saturated heterocycles. The van der Waals surface area contributed by atoms with Crippen LogP contribution < -0.4 is 0 Å². The molecule has 4 rings (SSSR count). The number of halogens is 2. The molecule has 2 heterocycles. The third-order valence-electron chi connectivity index (χ3n) is 6.67. The van der Waals surface area contributed by atoms with Gasteiger partial charge < -0.3 is 14.5 Å². The van der Waals surface area contributed by atoms with E-state index in [0.29, 0.717) is 22.2 Å². The Balaban J connectivity index is 1.73. The van der Waals surface area contributed by atoms with Gasteiger partial charge in [0.15, 0.2) is 11.5 Å². The molecule has 1 saturated carbocycles. The number of likely N-dealkylation sites (N-methyl/N-ethyl adjacent to an activating group) is 1. The van der Waals surface area contributed by atoms with Gasteiger partial charge >= 0.3 is 0 Å². The minimum absolute atomic E-state index is 0.0655. The molecule has 3 atom stereocenters. The third-order valence-corrected chi connectivity index (χ3v) is 7.41. The number of hydrogen-bond donors (Lipinski definition) is 0. The fraction of sp³-hybridized carbons (Fsp3) is 0.565. The van der Waals surface area contributed by atoms with E-state index in [9.17, 15) is 9.59 Å². The number of ether oxygens (including phenoxy) is 1. The summed E-state index contributed by atoms with van der Waals surface area (Å²) in [7, 11) is 0. The average Bonchev–Trinajstić information content (AvgIpc) is 3.03.